The van der Waals surface area contributed by atoms with Crippen molar-refractivity contribution in [1.29, 1.82) is 0 Å². The zero-order chi connectivity index (χ0) is 12.7. The van der Waals surface area contributed by atoms with Crippen molar-refractivity contribution in [3.63, 3.8) is 0 Å². The summed E-state index contributed by atoms with van der Waals surface area (Å²) in [6.45, 7) is 5.89. The van der Waals surface area contributed by atoms with Crippen LogP contribution in [0.25, 0.3) is 0 Å². The lowest BCUT2D eigenvalue weighted by Gasteiger charge is -2.36. The van der Waals surface area contributed by atoms with Crippen LogP contribution in [0.1, 0.15) is 52.4 Å². The highest BCUT2D eigenvalue weighted by Gasteiger charge is 2.32. The van der Waals surface area contributed by atoms with Gasteiger partial charge in [0.15, 0.2) is 0 Å². The highest BCUT2D eigenvalue weighted by molar-refractivity contribution is 5.59. The minimum Gasteiger partial charge on any atom is -0.395 e. The number of aldehydes is 1. The quantitative estimate of drug-likeness (QED) is 0.662. The second-order valence-electron chi connectivity index (χ2n) is 5.32. The Labute approximate surface area is 105 Å². The van der Waals surface area contributed by atoms with Gasteiger partial charge < -0.3 is 9.90 Å². The topological polar surface area (TPSA) is 40.5 Å². The van der Waals surface area contributed by atoms with E-state index in [4.69, 9.17) is 0 Å². The van der Waals surface area contributed by atoms with Crippen LogP contribution in [0.2, 0.25) is 0 Å². The summed E-state index contributed by atoms with van der Waals surface area (Å²) in [7, 11) is 0. The minimum atomic E-state index is -0.211. The molecule has 0 spiro atoms. The van der Waals surface area contributed by atoms with E-state index in [2.05, 4.69) is 18.7 Å². The first kappa shape index (κ1) is 14.7. The molecule has 0 radical (unpaired) electrons. The molecule has 3 heteroatoms. The number of aliphatic hydroxyl groups is 1. The van der Waals surface area contributed by atoms with Gasteiger partial charge in [0, 0.05) is 24.5 Å². The number of nitrogens with zero attached hydrogens (tertiary/aromatic N) is 1. The van der Waals surface area contributed by atoms with Crippen molar-refractivity contribution in [3.05, 3.63) is 0 Å². The fourth-order valence-corrected chi connectivity index (χ4v) is 2.87. The summed E-state index contributed by atoms with van der Waals surface area (Å²) in [4.78, 5) is 13.7. The lowest BCUT2D eigenvalue weighted by molar-refractivity contribution is -0.118. The van der Waals surface area contributed by atoms with E-state index in [0.29, 0.717) is 12.6 Å². The molecule has 0 atom stereocenters. The number of carbonyl (C=O) groups is 1. The molecule has 0 saturated heterocycles. The third-order valence-electron chi connectivity index (χ3n) is 4.40. The minimum absolute atomic E-state index is 0.193. The molecule has 0 aromatic rings. The van der Waals surface area contributed by atoms with Gasteiger partial charge in [0.05, 0.1) is 6.61 Å². The van der Waals surface area contributed by atoms with Crippen LogP contribution < -0.4 is 0 Å². The lowest BCUT2D eigenvalue weighted by Crippen LogP contribution is -2.44. The summed E-state index contributed by atoms with van der Waals surface area (Å²) in [5.74, 6) is 0. The molecule has 3 nitrogen and oxygen atoms in total. The summed E-state index contributed by atoms with van der Waals surface area (Å²) in [5.41, 5.74) is -0.211. The Bertz CT molecular complexity index is 220. The van der Waals surface area contributed by atoms with Gasteiger partial charge in [0.25, 0.3) is 0 Å². The second kappa shape index (κ2) is 7.12. The first-order valence-corrected chi connectivity index (χ1v) is 7.02. The third kappa shape index (κ3) is 3.78. The molecule has 0 bridgehead atoms. The van der Waals surface area contributed by atoms with Crippen LogP contribution in [0.15, 0.2) is 0 Å². The van der Waals surface area contributed by atoms with Gasteiger partial charge in [-0.05, 0) is 25.7 Å². The summed E-state index contributed by atoms with van der Waals surface area (Å²) >= 11 is 0. The Hall–Kier alpha value is -0.410. The number of hydrogen-bond donors (Lipinski definition) is 1. The molecule has 0 aromatic heterocycles. The van der Waals surface area contributed by atoms with Crippen molar-refractivity contribution in [1.82, 2.24) is 4.90 Å². The highest BCUT2D eigenvalue weighted by atomic mass is 16.3. The predicted molar refractivity (Wildman–Crippen MR) is 70.0 cm³/mol. The van der Waals surface area contributed by atoms with E-state index in [1.807, 2.05) is 0 Å². The first-order valence-electron chi connectivity index (χ1n) is 7.02. The summed E-state index contributed by atoms with van der Waals surface area (Å²) in [6.07, 6.45) is 7.94. The standard InChI is InChI=1S/C14H27NO2/c1-3-14(4-2,12-17)11-15(9-10-16)13-7-5-6-8-13/h12-13,16H,3-11H2,1-2H3. The molecule has 0 aliphatic heterocycles. The molecular formula is C14H27NO2. The van der Waals surface area contributed by atoms with Crippen molar-refractivity contribution in [2.24, 2.45) is 5.41 Å². The Morgan fingerprint density at radius 1 is 1.29 bits per heavy atom. The van der Waals surface area contributed by atoms with Gasteiger partial charge in [-0.15, -0.1) is 0 Å². The molecule has 0 heterocycles. The van der Waals surface area contributed by atoms with Crippen molar-refractivity contribution < 1.29 is 9.90 Å². The maximum atomic E-state index is 11.4. The van der Waals surface area contributed by atoms with Crippen LogP contribution in [-0.2, 0) is 4.79 Å². The normalized spacial score (nSPS) is 17.9. The SMILES string of the molecule is CCC(C=O)(CC)CN(CCO)C1CCCC1. The molecule has 0 unspecified atom stereocenters. The molecule has 100 valence electrons. The van der Waals surface area contributed by atoms with Crippen LogP contribution in [0.4, 0.5) is 0 Å². The van der Waals surface area contributed by atoms with E-state index >= 15 is 0 Å². The summed E-state index contributed by atoms with van der Waals surface area (Å²) in [5, 5.41) is 9.18. The predicted octanol–water partition coefficient (Wildman–Crippen LogP) is 2.23. The van der Waals surface area contributed by atoms with Gasteiger partial charge in [-0.25, -0.2) is 0 Å². The molecule has 1 aliphatic rings. The van der Waals surface area contributed by atoms with Crippen molar-refractivity contribution >= 4 is 6.29 Å². The van der Waals surface area contributed by atoms with E-state index in [9.17, 15) is 9.90 Å². The van der Waals surface area contributed by atoms with Crippen molar-refractivity contribution in [3.8, 4) is 0 Å². The average molecular weight is 241 g/mol. The number of rotatable bonds is 8. The van der Waals surface area contributed by atoms with Crippen LogP contribution in [0.3, 0.4) is 0 Å². The van der Waals surface area contributed by atoms with E-state index in [0.717, 1.165) is 25.7 Å². The fourth-order valence-electron chi connectivity index (χ4n) is 2.87. The summed E-state index contributed by atoms with van der Waals surface area (Å²) < 4.78 is 0. The van der Waals surface area contributed by atoms with Crippen LogP contribution >= 0.6 is 0 Å². The van der Waals surface area contributed by atoms with Crippen LogP contribution in [0, 0.1) is 5.41 Å². The Morgan fingerprint density at radius 3 is 2.29 bits per heavy atom. The fraction of sp³-hybridized carbons (Fsp3) is 0.929. The molecule has 1 N–H and O–H groups in total. The molecule has 0 amide bonds. The molecule has 1 aliphatic carbocycles. The Kier molecular flexibility index (Phi) is 6.14. The number of hydrogen-bond acceptors (Lipinski definition) is 3. The Balaban J connectivity index is 2.66. The van der Waals surface area contributed by atoms with Gasteiger partial charge in [-0.3, -0.25) is 4.90 Å². The average Bonchev–Trinajstić information content (AvgIpc) is 2.89. The molecular weight excluding hydrogens is 214 g/mol. The number of carbonyl (C=O) groups excluding carboxylic acids is 1. The zero-order valence-electron chi connectivity index (χ0n) is 11.3. The monoisotopic (exact) mass is 241 g/mol. The van der Waals surface area contributed by atoms with E-state index in [-0.39, 0.29) is 12.0 Å². The van der Waals surface area contributed by atoms with Gasteiger partial charge in [0.1, 0.15) is 6.29 Å². The zero-order valence-corrected chi connectivity index (χ0v) is 11.3. The van der Waals surface area contributed by atoms with Gasteiger partial charge >= 0.3 is 0 Å². The number of aliphatic hydroxyl groups excluding tert-OH is 1. The van der Waals surface area contributed by atoms with Gasteiger partial charge in [-0.1, -0.05) is 26.7 Å². The summed E-state index contributed by atoms with van der Waals surface area (Å²) in [6, 6.07) is 0.583. The largest absolute Gasteiger partial charge is 0.395 e. The van der Waals surface area contributed by atoms with Crippen molar-refractivity contribution in [2.45, 2.75) is 58.4 Å². The Morgan fingerprint density at radius 2 is 1.88 bits per heavy atom. The highest BCUT2D eigenvalue weighted by Crippen LogP contribution is 2.30. The van der Waals surface area contributed by atoms with E-state index in [1.165, 1.54) is 25.7 Å². The molecule has 1 fully saturated rings. The lowest BCUT2D eigenvalue weighted by atomic mass is 9.83. The molecule has 0 aromatic carbocycles. The molecule has 1 saturated carbocycles. The first-order chi connectivity index (χ1) is 8.21. The van der Waals surface area contributed by atoms with Gasteiger partial charge in [-0.2, -0.15) is 0 Å². The van der Waals surface area contributed by atoms with Crippen molar-refractivity contribution in [2.75, 3.05) is 19.7 Å². The maximum Gasteiger partial charge on any atom is 0.127 e. The smallest absolute Gasteiger partial charge is 0.127 e. The third-order valence-corrected chi connectivity index (χ3v) is 4.40. The van der Waals surface area contributed by atoms with E-state index < -0.39 is 0 Å². The van der Waals surface area contributed by atoms with Crippen LogP contribution in [-0.4, -0.2) is 42.0 Å². The van der Waals surface area contributed by atoms with E-state index in [1.54, 1.807) is 0 Å². The second-order valence-corrected chi connectivity index (χ2v) is 5.32. The van der Waals surface area contributed by atoms with Gasteiger partial charge in [0.2, 0.25) is 0 Å². The van der Waals surface area contributed by atoms with Crippen LogP contribution in [0.5, 0.6) is 0 Å². The maximum absolute atomic E-state index is 11.4. The molecule has 1 rings (SSSR count). The molecule has 17 heavy (non-hydrogen) atoms.